The highest BCUT2D eigenvalue weighted by Crippen LogP contribution is 2.15. The zero-order valence-corrected chi connectivity index (χ0v) is 10.0. The van der Waals surface area contributed by atoms with E-state index in [0.717, 1.165) is 12.8 Å². The maximum Gasteiger partial charge on any atom is 0.322 e. The van der Waals surface area contributed by atoms with E-state index in [1.165, 1.54) is 5.01 Å². The van der Waals surface area contributed by atoms with Crippen LogP contribution in [-0.4, -0.2) is 34.6 Å². The van der Waals surface area contributed by atoms with Crippen LogP contribution in [-0.2, 0) is 4.79 Å². The van der Waals surface area contributed by atoms with Crippen molar-refractivity contribution in [3.05, 3.63) is 35.9 Å². The molecule has 0 bridgehead atoms. The largest absolute Gasteiger partial charge is 0.480 e. The predicted molar refractivity (Wildman–Crippen MR) is 65.9 cm³/mol. The van der Waals surface area contributed by atoms with Gasteiger partial charge in [-0.25, -0.2) is 5.01 Å². The Hall–Kier alpha value is -1.88. The molecule has 0 aromatic heterocycles. The van der Waals surface area contributed by atoms with Crippen molar-refractivity contribution in [3.63, 3.8) is 0 Å². The number of hydrogen-bond acceptors (Lipinski definition) is 3. The summed E-state index contributed by atoms with van der Waals surface area (Å²) in [6, 6.07) is 8.17. The van der Waals surface area contributed by atoms with Crippen LogP contribution in [0.1, 0.15) is 29.6 Å². The molecule has 0 radical (unpaired) electrons. The lowest BCUT2D eigenvalue weighted by Crippen LogP contribution is -2.54. The standard InChI is InChI=1S/C13H16N2O3/c16-12(10-6-2-1-3-7-10)14-15-9-5-4-8-11(15)13(17)18/h1-3,6-7,11H,4-5,8-9H2,(H,14,16)(H,17,18). The number of carbonyl (C=O) groups is 2. The Kier molecular flexibility index (Phi) is 3.94. The van der Waals surface area contributed by atoms with Crippen molar-refractivity contribution in [3.8, 4) is 0 Å². The highest BCUT2D eigenvalue weighted by molar-refractivity contribution is 5.94. The lowest BCUT2D eigenvalue weighted by Gasteiger charge is -2.32. The number of rotatable bonds is 3. The normalized spacial score (nSPS) is 20.3. The van der Waals surface area contributed by atoms with Gasteiger partial charge in [-0.15, -0.1) is 0 Å². The van der Waals surface area contributed by atoms with Crippen molar-refractivity contribution in [2.75, 3.05) is 6.54 Å². The number of hydrazine groups is 1. The van der Waals surface area contributed by atoms with Gasteiger partial charge in [0, 0.05) is 12.1 Å². The van der Waals surface area contributed by atoms with Gasteiger partial charge in [-0.05, 0) is 31.4 Å². The average Bonchev–Trinajstić information content (AvgIpc) is 2.40. The van der Waals surface area contributed by atoms with E-state index in [1.54, 1.807) is 24.3 Å². The Balaban J connectivity index is 2.03. The number of aliphatic carboxylic acids is 1. The van der Waals surface area contributed by atoms with Crippen LogP contribution in [0.25, 0.3) is 0 Å². The molecular weight excluding hydrogens is 232 g/mol. The van der Waals surface area contributed by atoms with Crippen molar-refractivity contribution in [1.29, 1.82) is 0 Å². The average molecular weight is 248 g/mol. The van der Waals surface area contributed by atoms with Crippen LogP contribution >= 0.6 is 0 Å². The second-order valence-corrected chi connectivity index (χ2v) is 4.35. The molecule has 2 rings (SSSR count). The first-order chi connectivity index (χ1) is 8.68. The number of nitrogens with zero attached hydrogens (tertiary/aromatic N) is 1. The number of piperidine rings is 1. The molecule has 2 N–H and O–H groups in total. The van der Waals surface area contributed by atoms with Gasteiger partial charge in [0.2, 0.25) is 0 Å². The first kappa shape index (κ1) is 12.6. The Labute approximate surface area is 105 Å². The predicted octanol–water partition coefficient (Wildman–Crippen LogP) is 1.27. The summed E-state index contributed by atoms with van der Waals surface area (Å²) >= 11 is 0. The molecule has 1 saturated heterocycles. The molecule has 1 fully saturated rings. The van der Waals surface area contributed by atoms with E-state index in [2.05, 4.69) is 5.43 Å². The maximum atomic E-state index is 11.9. The molecule has 0 aliphatic carbocycles. The van der Waals surface area contributed by atoms with Crippen LogP contribution in [0.3, 0.4) is 0 Å². The van der Waals surface area contributed by atoms with Gasteiger partial charge in [0.25, 0.3) is 5.91 Å². The monoisotopic (exact) mass is 248 g/mol. The van der Waals surface area contributed by atoms with Crippen LogP contribution < -0.4 is 5.43 Å². The second kappa shape index (κ2) is 5.64. The highest BCUT2D eigenvalue weighted by atomic mass is 16.4. The summed E-state index contributed by atoms with van der Waals surface area (Å²) in [6.07, 6.45) is 2.36. The summed E-state index contributed by atoms with van der Waals surface area (Å²) < 4.78 is 0. The fraction of sp³-hybridized carbons (Fsp3) is 0.385. The van der Waals surface area contributed by atoms with Crippen LogP contribution in [0.2, 0.25) is 0 Å². The minimum absolute atomic E-state index is 0.260. The Morgan fingerprint density at radius 2 is 1.94 bits per heavy atom. The third-order valence-corrected chi connectivity index (χ3v) is 3.07. The number of carboxylic acids is 1. The fourth-order valence-electron chi connectivity index (χ4n) is 2.11. The zero-order chi connectivity index (χ0) is 13.0. The van der Waals surface area contributed by atoms with Gasteiger partial charge in [0.1, 0.15) is 6.04 Å². The first-order valence-electron chi connectivity index (χ1n) is 6.04. The SMILES string of the molecule is O=C(NN1CCCCC1C(=O)O)c1ccccc1. The molecule has 1 aromatic rings. The Bertz CT molecular complexity index is 433. The van der Waals surface area contributed by atoms with Gasteiger partial charge in [0.05, 0.1) is 0 Å². The summed E-state index contributed by atoms with van der Waals surface area (Å²) in [6.45, 7) is 0.579. The van der Waals surface area contributed by atoms with Gasteiger partial charge in [-0.3, -0.25) is 15.0 Å². The molecule has 1 aliphatic rings. The van der Waals surface area contributed by atoms with Crippen molar-refractivity contribution in [2.45, 2.75) is 25.3 Å². The van der Waals surface area contributed by atoms with Gasteiger partial charge in [-0.1, -0.05) is 18.2 Å². The molecule has 0 saturated carbocycles. The molecule has 1 heterocycles. The third-order valence-electron chi connectivity index (χ3n) is 3.07. The molecule has 5 nitrogen and oxygen atoms in total. The Morgan fingerprint density at radius 1 is 1.22 bits per heavy atom. The van der Waals surface area contributed by atoms with Crippen molar-refractivity contribution >= 4 is 11.9 Å². The Morgan fingerprint density at radius 3 is 2.61 bits per heavy atom. The molecule has 1 aromatic carbocycles. The van der Waals surface area contributed by atoms with Crippen molar-refractivity contribution in [2.24, 2.45) is 0 Å². The highest BCUT2D eigenvalue weighted by Gasteiger charge is 2.29. The van der Waals surface area contributed by atoms with E-state index in [9.17, 15) is 9.59 Å². The third kappa shape index (κ3) is 2.87. The van der Waals surface area contributed by atoms with E-state index in [1.807, 2.05) is 6.07 Å². The minimum atomic E-state index is -0.886. The van der Waals surface area contributed by atoms with Crippen LogP contribution in [0.15, 0.2) is 30.3 Å². The van der Waals surface area contributed by atoms with Crippen LogP contribution in [0.5, 0.6) is 0 Å². The number of hydrogen-bond donors (Lipinski definition) is 2. The molecular formula is C13H16N2O3. The van der Waals surface area contributed by atoms with E-state index < -0.39 is 12.0 Å². The lowest BCUT2D eigenvalue weighted by molar-refractivity contribution is -0.145. The molecule has 96 valence electrons. The van der Waals surface area contributed by atoms with Gasteiger partial charge in [0.15, 0.2) is 0 Å². The summed E-state index contributed by atoms with van der Waals surface area (Å²) in [5.74, 6) is -1.15. The lowest BCUT2D eigenvalue weighted by atomic mass is 10.0. The smallest absolute Gasteiger partial charge is 0.322 e. The second-order valence-electron chi connectivity index (χ2n) is 4.35. The number of carboxylic acid groups (broad SMARTS) is 1. The van der Waals surface area contributed by atoms with Crippen LogP contribution in [0, 0.1) is 0 Å². The van der Waals surface area contributed by atoms with E-state index in [4.69, 9.17) is 5.11 Å². The van der Waals surface area contributed by atoms with E-state index in [-0.39, 0.29) is 5.91 Å². The molecule has 1 aliphatic heterocycles. The van der Waals surface area contributed by atoms with Gasteiger partial charge >= 0.3 is 5.97 Å². The van der Waals surface area contributed by atoms with Crippen molar-refractivity contribution < 1.29 is 14.7 Å². The van der Waals surface area contributed by atoms with E-state index in [0.29, 0.717) is 18.5 Å². The molecule has 18 heavy (non-hydrogen) atoms. The number of benzene rings is 1. The van der Waals surface area contributed by atoms with Gasteiger partial charge < -0.3 is 5.11 Å². The molecule has 1 amide bonds. The zero-order valence-electron chi connectivity index (χ0n) is 10.0. The first-order valence-corrected chi connectivity index (χ1v) is 6.04. The number of amides is 1. The van der Waals surface area contributed by atoms with Crippen LogP contribution in [0.4, 0.5) is 0 Å². The molecule has 1 atom stereocenters. The number of carbonyl (C=O) groups excluding carboxylic acids is 1. The summed E-state index contributed by atoms with van der Waals surface area (Å²) in [5, 5.41) is 10.6. The summed E-state index contributed by atoms with van der Waals surface area (Å²) in [4.78, 5) is 23.0. The van der Waals surface area contributed by atoms with E-state index >= 15 is 0 Å². The minimum Gasteiger partial charge on any atom is -0.480 e. The molecule has 1 unspecified atom stereocenters. The van der Waals surface area contributed by atoms with Crippen molar-refractivity contribution in [1.82, 2.24) is 10.4 Å². The molecule has 5 heteroatoms. The fourth-order valence-corrected chi connectivity index (χ4v) is 2.11. The summed E-state index contributed by atoms with van der Waals surface area (Å²) in [7, 11) is 0. The summed E-state index contributed by atoms with van der Waals surface area (Å²) in [5.41, 5.74) is 3.21. The number of nitrogens with one attached hydrogen (secondary N) is 1. The molecule has 0 spiro atoms. The quantitative estimate of drug-likeness (QED) is 0.845. The maximum absolute atomic E-state index is 11.9. The van der Waals surface area contributed by atoms with Gasteiger partial charge in [-0.2, -0.15) is 0 Å². The topological polar surface area (TPSA) is 69.6 Å².